The van der Waals surface area contributed by atoms with E-state index in [2.05, 4.69) is 191 Å². The standard InChI is InChI=1S/C52H38N4/c1-3-15-35(16-4-1)43-25-13-27-45(53-43)37-19-11-21-39(33-37)55-47-29-9-7-23-41(47)51-49(55)31-32-50-52(51)42-24-8-10-30-48(42)56(50)40-22-12-20-38(34-40)46-28-14-26-44(54-46)36-17-5-2-6-18-36/h1,3-5,7-20,22-34,39H,2,6,21H2. The fourth-order valence-electron chi connectivity index (χ4n) is 8.93. The Morgan fingerprint density at radius 1 is 0.464 bits per heavy atom. The molecule has 0 spiro atoms. The van der Waals surface area contributed by atoms with Crippen LogP contribution in [0.4, 0.5) is 0 Å². The van der Waals surface area contributed by atoms with Crippen LogP contribution in [-0.2, 0) is 0 Å². The van der Waals surface area contributed by atoms with E-state index in [1.54, 1.807) is 0 Å². The maximum absolute atomic E-state index is 5.13. The first-order chi connectivity index (χ1) is 27.8. The van der Waals surface area contributed by atoms with Crippen molar-refractivity contribution in [2.24, 2.45) is 0 Å². The number of benzene rings is 5. The summed E-state index contributed by atoms with van der Waals surface area (Å²) in [4.78, 5) is 10.3. The molecule has 2 aliphatic rings. The molecule has 1 atom stereocenters. The number of fused-ring (bicyclic) bond motifs is 7. The summed E-state index contributed by atoms with van der Waals surface area (Å²) < 4.78 is 4.99. The summed E-state index contributed by atoms with van der Waals surface area (Å²) in [6.45, 7) is 0. The van der Waals surface area contributed by atoms with Crippen molar-refractivity contribution in [1.82, 2.24) is 19.1 Å². The van der Waals surface area contributed by atoms with Crippen molar-refractivity contribution in [3.05, 3.63) is 200 Å². The molecule has 0 fully saturated rings. The van der Waals surface area contributed by atoms with Gasteiger partial charge < -0.3 is 9.13 Å². The Morgan fingerprint density at radius 3 is 1.89 bits per heavy atom. The van der Waals surface area contributed by atoms with Crippen LogP contribution in [-0.4, -0.2) is 19.1 Å². The lowest BCUT2D eigenvalue weighted by Gasteiger charge is -2.21. The highest BCUT2D eigenvalue weighted by atomic mass is 15.0. The average Bonchev–Trinajstić information content (AvgIpc) is 3.80. The van der Waals surface area contributed by atoms with Crippen LogP contribution < -0.4 is 0 Å². The topological polar surface area (TPSA) is 35.6 Å². The predicted molar refractivity (Wildman–Crippen MR) is 234 cm³/mol. The predicted octanol–water partition coefficient (Wildman–Crippen LogP) is 13.3. The van der Waals surface area contributed by atoms with E-state index >= 15 is 0 Å². The van der Waals surface area contributed by atoms with E-state index in [1.165, 1.54) is 49.2 Å². The molecule has 1 unspecified atom stereocenters. The number of allylic oxidation sites excluding steroid dienone is 8. The zero-order valence-corrected chi connectivity index (χ0v) is 30.9. The van der Waals surface area contributed by atoms with Crippen molar-refractivity contribution >= 4 is 54.8 Å². The molecule has 0 N–H and O–H groups in total. The number of hydrogen-bond acceptors (Lipinski definition) is 2. The van der Waals surface area contributed by atoms with E-state index in [4.69, 9.17) is 9.97 Å². The molecule has 266 valence electrons. The molecule has 4 aromatic heterocycles. The second-order valence-electron chi connectivity index (χ2n) is 14.8. The third-order valence-corrected chi connectivity index (χ3v) is 11.4. The fraction of sp³-hybridized carbons (Fsp3) is 0.0769. The van der Waals surface area contributed by atoms with Gasteiger partial charge in [-0.1, -0.05) is 127 Å². The van der Waals surface area contributed by atoms with Gasteiger partial charge in [0.15, 0.2) is 0 Å². The lowest BCUT2D eigenvalue weighted by atomic mass is 9.99. The van der Waals surface area contributed by atoms with Gasteiger partial charge in [-0.3, -0.25) is 0 Å². The van der Waals surface area contributed by atoms with E-state index < -0.39 is 0 Å². The minimum atomic E-state index is 0.130. The van der Waals surface area contributed by atoms with Gasteiger partial charge in [-0.25, -0.2) is 9.97 Å². The monoisotopic (exact) mass is 718 g/mol. The van der Waals surface area contributed by atoms with Crippen molar-refractivity contribution in [2.45, 2.75) is 25.3 Å². The molecule has 0 aliphatic heterocycles. The molecule has 4 nitrogen and oxygen atoms in total. The van der Waals surface area contributed by atoms with Crippen LogP contribution in [0.25, 0.3) is 83.0 Å². The zero-order chi connectivity index (χ0) is 37.0. The first-order valence-electron chi connectivity index (χ1n) is 19.6. The molecule has 56 heavy (non-hydrogen) atoms. The number of hydrogen-bond donors (Lipinski definition) is 0. The van der Waals surface area contributed by atoms with Crippen molar-refractivity contribution in [3.8, 4) is 28.2 Å². The molecular weight excluding hydrogens is 681 g/mol. The van der Waals surface area contributed by atoms with E-state index in [9.17, 15) is 0 Å². The molecule has 11 rings (SSSR count). The lowest BCUT2D eigenvalue weighted by Crippen LogP contribution is -2.08. The first kappa shape index (κ1) is 32.4. The van der Waals surface area contributed by atoms with Gasteiger partial charge >= 0.3 is 0 Å². The Morgan fingerprint density at radius 2 is 1.09 bits per heavy atom. The van der Waals surface area contributed by atoms with Crippen LogP contribution in [0, 0.1) is 0 Å². The average molecular weight is 719 g/mol. The molecule has 0 saturated heterocycles. The zero-order valence-electron chi connectivity index (χ0n) is 30.9. The van der Waals surface area contributed by atoms with Crippen LogP contribution in [0.15, 0.2) is 188 Å². The van der Waals surface area contributed by atoms with Gasteiger partial charge in [-0.2, -0.15) is 0 Å². The van der Waals surface area contributed by atoms with Crippen molar-refractivity contribution in [3.63, 3.8) is 0 Å². The van der Waals surface area contributed by atoms with Crippen molar-refractivity contribution in [1.29, 1.82) is 0 Å². The second-order valence-corrected chi connectivity index (χ2v) is 14.8. The third kappa shape index (κ3) is 5.37. The molecule has 0 radical (unpaired) electrons. The fourth-order valence-corrected chi connectivity index (χ4v) is 8.93. The molecule has 5 aromatic carbocycles. The summed E-state index contributed by atoms with van der Waals surface area (Å²) in [7, 11) is 0. The van der Waals surface area contributed by atoms with Gasteiger partial charge in [-0.15, -0.1) is 0 Å². The first-order valence-corrected chi connectivity index (χ1v) is 19.6. The maximum atomic E-state index is 5.13. The Kier molecular flexibility index (Phi) is 7.73. The lowest BCUT2D eigenvalue weighted by molar-refractivity contribution is 0.650. The van der Waals surface area contributed by atoms with Gasteiger partial charge in [0.05, 0.1) is 45.4 Å². The van der Waals surface area contributed by atoms with E-state index in [0.29, 0.717) is 0 Å². The molecule has 4 heteroatoms. The number of nitrogens with zero attached hydrogens (tertiary/aromatic N) is 4. The molecule has 4 heterocycles. The molecular formula is C52H38N4. The van der Waals surface area contributed by atoms with Gasteiger partial charge in [0, 0.05) is 43.9 Å². The largest absolute Gasteiger partial charge is 0.333 e. The Hall–Kier alpha value is -7.04. The summed E-state index contributed by atoms with van der Waals surface area (Å²) in [5, 5.41) is 5.09. The van der Waals surface area contributed by atoms with Crippen molar-refractivity contribution < 1.29 is 0 Å². The third-order valence-electron chi connectivity index (χ3n) is 11.4. The summed E-state index contributed by atoms with van der Waals surface area (Å²) in [5.41, 5.74) is 14.5. The molecule has 9 aromatic rings. The Bertz CT molecular complexity index is 3110. The summed E-state index contributed by atoms with van der Waals surface area (Å²) in [6, 6.07) is 54.6. The van der Waals surface area contributed by atoms with Gasteiger partial charge in [-0.05, 0) is 91.1 Å². The minimum Gasteiger partial charge on any atom is -0.333 e. The second kappa shape index (κ2) is 13.4. The van der Waals surface area contributed by atoms with Crippen LogP contribution in [0.5, 0.6) is 0 Å². The van der Waals surface area contributed by atoms with Crippen LogP contribution in [0.1, 0.15) is 36.7 Å². The normalized spacial score (nSPS) is 15.5. The minimum absolute atomic E-state index is 0.130. The summed E-state index contributed by atoms with van der Waals surface area (Å²) in [5.74, 6) is 0. The highest BCUT2D eigenvalue weighted by Crippen LogP contribution is 2.44. The Balaban J connectivity index is 1.07. The Labute approximate surface area is 325 Å². The van der Waals surface area contributed by atoms with Gasteiger partial charge in [0.2, 0.25) is 0 Å². The van der Waals surface area contributed by atoms with Gasteiger partial charge in [0.25, 0.3) is 0 Å². The summed E-state index contributed by atoms with van der Waals surface area (Å²) in [6.07, 6.45) is 16.7. The summed E-state index contributed by atoms with van der Waals surface area (Å²) >= 11 is 0. The maximum Gasteiger partial charge on any atom is 0.0710 e. The molecule has 0 amide bonds. The quantitative estimate of drug-likeness (QED) is 0.172. The molecule has 0 saturated carbocycles. The van der Waals surface area contributed by atoms with Crippen molar-refractivity contribution in [2.75, 3.05) is 0 Å². The molecule has 0 bridgehead atoms. The van der Waals surface area contributed by atoms with Crippen LogP contribution in [0.3, 0.4) is 0 Å². The number of para-hydroxylation sites is 2. The van der Waals surface area contributed by atoms with E-state index in [0.717, 1.165) is 64.4 Å². The SMILES string of the molecule is C1=CC(c2cccc(-c3cccc(-n4c5ccccc5c5c6c7ccccc7n(C7C=C(c8cccc(-c9ccccc9)n8)C=CC7)c6ccc54)c3)n2)=CCC1. The smallest absolute Gasteiger partial charge is 0.0710 e. The number of aromatic nitrogens is 4. The van der Waals surface area contributed by atoms with E-state index in [-0.39, 0.29) is 6.04 Å². The highest BCUT2D eigenvalue weighted by molar-refractivity contribution is 6.28. The molecule has 2 aliphatic carbocycles. The van der Waals surface area contributed by atoms with E-state index in [1.807, 2.05) is 6.07 Å². The van der Waals surface area contributed by atoms with Gasteiger partial charge in [0.1, 0.15) is 0 Å². The number of pyridine rings is 2. The van der Waals surface area contributed by atoms with Crippen LogP contribution >= 0.6 is 0 Å². The number of rotatable bonds is 6. The van der Waals surface area contributed by atoms with Crippen LogP contribution in [0.2, 0.25) is 0 Å². The highest BCUT2D eigenvalue weighted by Gasteiger charge is 2.23.